The van der Waals surface area contributed by atoms with E-state index in [9.17, 15) is 0 Å². The second-order valence-electron chi connectivity index (χ2n) is 5.46. The number of rotatable bonds is 2. The smallest absolute Gasteiger partial charge is 0.192 e. The highest BCUT2D eigenvalue weighted by Crippen LogP contribution is 2.32. The third-order valence-corrected chi connectivity index (χ3v) is 4.09. The molecule has 0 aliphatic carbocycles. The van der Waals surface area contributed by atoms with Crippen molar-refractivity contribution in [3.05, 3.63) is 35.9 Å². The van der Waals surface area contributed by atoms with E-state index in [-0.39, 0.29) is 5.54 Å². The molecule has 1 aromatic carbocycles. The van der Waals surface area contributed by atoms with E-state index in [0.29, 0.717) is 5.96 Å². The number of benzene rings is 1. The summed E-state index contributed by atoms with van der Waals surface area (Å²) in [6, 6.07) is 10.5. The minimum Gasteiger partial charge on any atom is -0.370 e. The maximum absolute atomic E-state index is 6.08. The molecule has 4 heteroatoms. The number of hydrogen-bond donors (Lipinski definition) is 1. The molecule has 0 aromatic heterocycles. The third-order valence-electron chi connectivity index (χ3n) is 4.09. The van der Waals surface area contributed by atoms with Crippen molar-refractivity contribution in [1.29, 1.82) is 0 Å². The lowest BCUT2D eigenvalue weighted by Gasteiger charge is -2.36. The molecule has 0 amide bonds. The molecule has 2 N–H and O–H groups in total. The van der Waals surface area contributed by atoms with Gasteiger partial charge in [0, 0.05) is 19.6 Å². The maximum atomic E-state index is 6.08. The van der Waals surface area contributed by atoms with E-state index < -0.39 is 0 Å². The zero-order chi connectivity index (χ0) is 12.6. The summed E-state index contributed by atoms with van der Waals surface area (Å²) in [6.45, 7) is 3.90. The van der Waals surface area contributed by atoms with Crippen LogP contribution in [0.4, 0.5) is 0 Å². The van der Waals surface area contributed by atoms with Crippen LogP contribution in [0.3, 0.4) is 0 Å². The fraction of sp³-hybridized carbons (Fsp3) is 0.500. The monoisotopic (exact) mass is 244 g/mol. The molecule has 0 saturated carbocycles. The second-order valence-corrected chi connectivity index (χ2v) is 5.46. The Labute approximate surface area is 108 Å². The van der Waals surface area contributed by atoms with Gasteiger partial charge >= 0.3 is 0 Å². The quantitative estimate of drug-likeness (QED) is 0.840. The van der Waals surface area contributed by atoms with Gasteiger partial charge in [0.15, 0.2) is 5.96 Å². The van der Waals surface area contributed by atoms with Gasteiger partial charge in [0.2, 0.25) is 0 Å². The van der Waals surface area contributed by atoms with Crippen molar-refractivity contribution in [3.63, 3.8) is 0 Å². The molecule has 0 bridgehead atoms. The van der Waals surface area contributed by atoms with Crippen molar-refractivity contribution >= 4 is 5.96 Å². The van der Waals surface area contributed by atoms with Gasteiger partial charge in [-0.3, -0.25) is 4.99 Å². The Kier molecular flexibility index (Phi) is 2.74. The lowest BCUT2D eigenvalue weighted by molar-refractivity contribution is 0.197. The van der Waals surface area contributed by atoms with Gasteiger partial charge < -0.3 is 15.5 Å². The van der Waals surface area contributed by atoms with E-state index in [1.54, 1.807) is 0 Å². The topological polar surface area (TPSA) is 44.9 Å². The summed E-state index contributed by atoms with van der Waals surface area (Å²) < 4.78 is 0. The van der Waals surface area contributed by atoms with Gasteiger partial charge in [0.25, 0.3) is 0 Å². The highest BCUT2D eigenvalue weighted by molar-refractivity contribution is 5.81. The summed E-state index contributed by atoms with van der Waals surface area (Å²) in [5, 5.41) is 0. The predicted molar refractivity (Wildman–Crippen MR) is 73.3 cm³/mol. The number of guanidine groups is 1. The molecular formula is C14H20N4. The van der Waals surface area contributed by atoms with E-state index in [2.05, 4.69) is 46.1 Å². The molecule has 1 aromatic rings. The van der Waals surface area contributed by atoms with Gasteiger partial charge in [-0.05, 0) is 19.0 Å². The average Bonchev–Trinajstić information content (AvgIpc) is 2.89. The molecule has 2 aliphatic heterocycles. The van der Waals surface area contributed by atoms with E-state index in [4.69, 9.17) is 5.73 Å². The normalized spacial score (nSPS) is 28.1. The Morgan fingerprint density at radius 1 is 1.33 bits per heavy atom. The second kappa shape index (κ2) is 4.28. The molecule has 0 radical (unpaired) electrons. The fourth-order valence-electron chi connectivity index (χ4n) is 3.07. The van der Waals surface area contributed by atoms with Crippen molar-refractivity contribution in [2.24, 2.45) is 10.7 Å². The van der Waals surface area contributed by atoms with E-state index in [1.165, 1.54) is 5.56 Å². The van der Waals surface area contributed by atoms with Gasteiger partial charge in [-0.15, -0.1) is 0 Å². The molecule has 1 unspecified atom stereocenters. The van der Waals surface area contributed by atoms with Gasteiger partial charge in [-0.2, -0.15) is 0 Å². The maximum Gasteiger partial charge on any atom is 0.192 e. The standard InChI is InChI=1S/C14H20N4/c1-17-8-7-14(11-17)10-16-13(15)18(14)9-12-5-3-2-4-6-12/h2-6H,7-11H2,1H3,(H2,15,16). The number of hydrogen-bond acceptors (Lipinski definition) is 4. The highest BCUT2D eigenvalue weighted by atomic mass is 15.4. The lowest BCUT2D eigenvalue weighted by Crippen LogP contribution is -2.52. The summed E-state index contributed by atoms with van der Waals surface area (Å²) in [5.41, 5.74) is 7.52. The van der Waals surface area contributed by atoms with Gasteiger partial charge in [-0.1, -0.05) is 30.3 Å². The summed E-state index contributed by atoms with van der Waals surface area (Å²) in [7, 11) is 2.17. The van der Waals surface area contributed by atoms with Crippen LogP contribution >= 0.6 is 0 Å². The molecule has 1 saturated heterocycles. The van der Waals surface area contributed by atoms with E-state index in [0.717, 1.165) is 32.6 Å². The summed E-state index contributed by atoms with van der Waals surface area (Å²) in [5.74, 6) is 0.703. The van der Waals surface area contributed by atoms with E-state index in [1.807, 2.05) is 6.07 Å². The van der Waals surface area contributed by atoms with E-state index >= 15 is 0 Å². The number of nitrogens with two attached hydrogens (primary N) is 1. The highest BCUT2D eigenvalue weighted by Gasteiger charge is 2.46. The first-order chi connectivity index (χ1) is 8.70. The third kappa shape index (κ3) is 1.86. The van der Waals surface area contributed by atoms with Crippen molar-refractivity contribution in [1.82, 2.24) is 9.80 Å². The Morgan fingerprint density at radius 2 is 2.11 bits per heavy atom. The average molecular weight is 244 g/mol. The van der Waals surface area contributed by atoms with Gasteiger partial charge in [0.05, 0.1) is 12.1 Å². The molecule has 1 atom stereocenters. The van der Waals surface area contributed by atoms with Crippen molar-refractivity contribution in [3.8, 4) is 0 Å². The zero-order valence-corrected chi connectivity index (χ0v) is 10.8. The van der Waals surface area contributed by atoms with Crippen LogP contribution in [0.1, 0.15) is 12.0 Å². The fourth-order valence-corrected chi connectivity index (χ4v) is 3.07. The molecule has 2 heterocycles. The van der Waals surface area contributed by atoms with Crippen LogP contribution in [-0.2, 0) is 6.54 Å². The van der Waals surface area contributed by atoms with Gasteiger partial charge in [-0.25, -0.2) is 0 Å². The summed E-state index contributed by atoms with van der Waals surface area (Å²) in [6.07, 6.45) is 1.15. The Bertz CT molecular complexity index is 456. The minimum absolute atomic E-state index is 0.134. The first kappa shape index (κ1) is 11.5. The van der Waals surface area contributed by atoms with Crippen molar-refractivity contribution < 1.29 is 0 Å². The Hall–Kier alpha value is -1.55. The van der Waals surface area contributed by atoms with Crippen LogP contribution in [0.5, 0.6) is 0 Å². The summed E-state index contributed by atoms with van der Waals surface area (Å²) >= 11 is 0. The number of likely N-dealkylation sites (tertiary alicyclic amines) is 1. The molecule has 4 nitrogen and oxygen atoms in total. The zero-order valence-electron chi connectivity index (χ0n) is 10.8. The molecule has 2 aliphatic rings. The Balaban J connectivity index is 1.82. The molecule has 1 spiro atoms. The van der Waals surface area contributed by atoms with Crippen LogP contribution in [0.25, 0.3) is 0 Å². The van der Waals surface area contributed by atoms with Crippen LogP contribution < -0.4 is 5.73 Å². The van der Waals surface area contributed by atoms with Crippen LogP contribution in [0, 0.1) is 0 Å². The SMILES string of the molecule is CN1CCC2(CN=C(N)N2Cc2ccccc2)C1. The summed E-state index contributed by atoms with van der Waals surface area (Å²) in [4.78, 5) is 9.14. The Morgan fingerprint density at radius 3 is 2.78 bits per heavy atom. The van der Waals surface area contributed by atoms with Crippen molar-refractivity contribution in [2.75, 3.05) is 26.7 Å². The first-order valence-electron chi connectivity index (χ1n) is 6.50. The van der Waals surface area contributed by atoms with Gasteiger partial charge in [0.1, 0.15) is 0 Å². The largest absolute Gasteiger partial charge is 0.370 e. The number of nitrogens with zero attached hydrogens (tertiary/aromatic N) is 3. The molecule has 18 heavy (non-hydrogen) atoms. The first-order valence-corrected chi connectivity index (χ1v) is 6.50. The lowest BCUT2D eigenvalue weighted by atomic mass is 9.97. The van der Waals surface area contributed by atoms with Crippen LogP contribution in [0.2, 0.25) is 0 Å². The number of aliphatic imine (C=N–C) groups is 1. The van der Waals surface area contributed by atoms with Crippen LogP contribution in [-0.4, -0.2) is 48.0 Å². The molecule has 3 rings (SSSR count). The molecule has 1 fully saturated rings. The van der Waals surface area contributed by atoms with Crippen molar-refractivity contribution in [2.45, 2.75) is 18.5 Å². The minimum atomic E-state index is 0.134. The molecular weight excluding hydrogens is 224 g/mol. The molecule has 96 valence electrons. The predicted octanol–water partition coefficient (Wildman–Crippen LogP) is 0.891. The van der Waals surface area contributed by atoms with Crippen LogP contribution in [0.15, 0.2) is 35.3 Å². The number of likely N-dealkylation sites (N-methyl/N-ethyl adjacent to an activating group) is 1.